The van der Waals surface area contributed by atoms with Gasteiger partial charge in [0.05, 0.1) is 35.0 Å². The molecular weight excluding hydrogens is 585 g/mol. The Balaban J connectivity index is 1.13. The van der Waals surface area contributed by atoms with Gasteiger partial charge in [-0.2, -0.15) is 10.5 Å². The van der Waals surface area contributed by atoms with E-state index in [2.05, 4.69) is 161 Å². The molecule has 3 aliphatic carbocycles. The van der Waals surface area contributed by atoms with E-state index >= 15 is 0 Å². The topological polar surface area (TPSA) is 54.1 Å². The van der Waals surface area contributed by atoms with E-state index in [0.717, 1.165) is 39.3 Å². The fourth-order valence-electron chi connectivity index (χ4n) is 8.10. The van der Waals surface area contributed by atoms with Crippen LogP contribution in [0.1, 0.15) is 46.1 Å². The second kappa shape index (κ2) is 11.2. The molecule has 0 spiro atoms. The Hall–Kier alpha value is -6.32. The van der Waals surface area contributed by atoms with Crippen molar-refractivity contribution in [3.05, 3.63) is 185 Å². The predicted molar refractivity (Wildman–Crippen MR) is 193 cm³/mol. The van der Waals surface area contributed by atoms with Gasteiger partial charge in [-0.05, 0) is 58.7 Å². The summed E-state index contributed by atoms with van der Waals surface area (Å²) in [6.45, 7) is 0. The molecule has 4 aromatic rings. The number of fused-ring (bicyclic) bond motifs is 6. The molecule has 0 fully saturated rings. The monoisotopic (exact) mass is 614 g/mol. The number of anilines is 4. The maximum atomic E-state index is 9.99. The number of benzene rings is 4. The van der Waals surface area contributed by atoms with Crippen molar-refractivity contribution >= 4 is 33.9 Å². The maximum Gasteiger partial charge on any atom is 0.103 e. The third kappa shape index (κ3) is 4.29. The molecule has 0 bridgehead atoms. The van der Waals surface area contributed by atoms with Crippen LogP contribution in [0.2, 0.25) is 0 Å². The van der Waals surface area contributed by atoms with E-state index in [1.807, 2.05) is 12.1 Å². The molecule has 2 aliphatic heterocycles. The Kier molecular flexibility index (Phi) is 6.51. The second-order valence-electron chi connectivity index (χ2n) is 12.7. The summed E-state index contributed by atoms with van der Waals surface area (Å²) in [6, 6.07) is 37.0. The van der Waals surface area contributed by atoms with Crippen molar-refractivity contribution in [2.45, 2.75) is 30.3 Å². The van der Waals surface area contributed by atoms with Crippen LogP contribution < -0.4 is 9.80 Å². The molecule has 4 unspecified atom stereocenters. The third-order valence-corrected chi connectivity index (χ3v) is 10.2. The summed E-state index contributed by atoms with van der Waals surface area (Å²) in [5.41, 5.74) is 16.0. The quantitative estimate of drug-likeness (QED) is 0.215. The molecule has 0 saturated carbocycles. The molecule has 2 heterocycles. The summed E-state index contributed by atoms with van der Waals surface area (Å²) >= 11 is 0. The fraction of sp³-hybridized carbons (Fsp3) is 0.114. The van der Waals surface area contributed by atoms with Crippen LogP contribution in [-0.2, 0) is 0 Å². The Labute approximate surface area is 280 Å². The minimum absolute atomic E-state index is 0.151. The van der Waals surface area contributed by atoms with Crippen LogP contribution >= 0.6 is 0 Å². The van der Waals surface area contributed by atoms with E-state index < -0.39 is 0 Å². The summed E-state index contributed by atoms with van der Waals surface area (Å²) in [7, 11) is 0. The Morgan fingerprint density at radius 3 is 2.04 bits per heavy atom. The van der Waals surface area contributed by atoms with Crippen LogP contribution in [0.15, 0.2) is 157 Å². The molecule has 0 aromatic heterocycles. The molecular formula is C44H30N4. The molecule has 226 valence electrons. The molecule has 0 radical (unpaired) electrons. The Bertz CT molecular complexity index is 2310. The van der Waals surface area contributed by atoms with E-state index in [1.165, 1.54) is 16.8 Å². The fourth-order valence-corrected chi connectivity index (χ4v) is 8.10. The summed E-state index contributed by atoms with van der Waals surface area (Å²) in [6.07, 6.45) is 20.3. The first kappa shape index (κ1) is 27.9. The zero-order valence-electron chi connectivity index (χ0n) is 26.2. The molecule has 4 heteroatoms. The van der Waals surface area contributed by atoms with E-state index in [-0.39, 0.29) is 23.9 Å². The SMILES string of the molecule is N#CC1=C=C(c2ccccc2N2c3ccccc3C3C=CC=CC32)C(c2ccc(N3c4cc(C#N)ccc4C4C=CC=CC43)cc2)=CC1. The molecule has 9 rings (SSSR count). The van der Waals surface area contributed by atoms with Crippen LogP contribution in [0.4, 0.5) is 22.7 Å². The third-order valence-electron chi connectivity index (χ3n) is 10.2. The summed E-state index contributed by atoms with van der Waals surface area (Å²) < 4.78 is 0. The van der Waals surface area contributed by atoms with E-state index in [4.69, 9.17) is 0 Å². The first-order valence-corrected chi connectivity index (χ1v) is 16.4. The van der Waals surface area contributed by atoms with Crippen LogP contribution in [0.5, 0.6) is 0 Å². The van der Waals surface area contributed by atoms with Gasteiger partial charge in [-0.25, -0.2) is 0 Å². The van der Waals surface area contributed by atoms with Crippen molar-refractivity contribution in [2.24, 2.45) is 0 Å². The summed E-state index contributed by atoms with van der Waals surface area (Å²) in [4.78, 5) is 4.81. The van der Waals surface area contributed by atoms with E-state index in [0.29, 0.717) is 17.6 Å². The highest BCUT2D eigenvalue weighted by molar-refractivity contribution is 6.08. The van der Waals surface area contributed by atoms with Gasteiger partial charge in [0, 0.05) is 46.5 Å². The average molecular weight is 615 g/mol. The highest BCUT2D eigenvalue weighted by Crippen LogP contribution is 2.51. The minimum Gasteiger partial charge on any atom is -0.333 e. The lowest BCUT2D eigenvalue weighted by atomic mass is 9.86. The standard InChI is InChI=1S/C44H30N4/c45-27-29-17-23-33(31-19-21-32(22-20-31)47-40-13-5-1-11-36(40)38-24-18-30(28-46)26-44(38)47)39(25-29)37-12-4-8-16-43(37)48-41-14-6-2-9-34(41)35-10-3-7-15-42(35)48/h1-16,18-24,26,34,36,40-41H,17H2. The number of nitriles is 2. The van der Waals surface area contributed by atoms with Gasteiger partial charge in [-0.15, -0.1) is 0 Å². The number of allylic oxidation sites excluding steroid dienone is 7. The van der Waals surface area contributed by atoms with Crippen LogP contribution in [0.25, 0.3) is 11.1 Å². The Morgan fingerprint density at radius 2 is 1.29 bits per heavy atom. The van der Waals surface area contributed by atoms with Crippen molar-refractivity contribution in [2.75, 3.05) is 9.80 Å². The van der Waals surface area contributed by atoms with Gasteiger partial charge < -0.3 is 9.80 Å². The smallest absolute Gasteiger partial charge is 0.103 e. The van der Waals surface area contributed by atoms with Crippen LogP contribution in [0, 0.1) is 22.7 Å². The van der Waals surface area contributed by atoms with Crippen molar-refractivity contribution < 1.29 is 0 Å². The van der Waals surface area contributed by atoms with Crippen molar-refractivity contribution in [1.82, 2.24) is 0 Å². The van der Waals surface area contributed by atoms with Gasteiger partial charge in [0.2, 0.25) is 0 Å². The molecule has 4 nitrogen and oxygen atoms in total. The lowest BCUT2D eigenvalue weighted by Gasteiger charge is -2.31. The lowest BCUT2D eigenvalue weighted by molar-refractivity contribution is 0.744. The van der Waals surface area contributed by atoms with Gasteiger partial charge in [0.15, 0.2) is 0 Å². The molecule has 5 aliphatic rings. The highest BCUT2D eigenvalue weighted by Gasteiger charge is 2.39. The first-order chi connectivity index (χ1) is 23.7. The largest absolute Gasteiger partial charge is 0.333 e. The van der Waals surface area contributed by atoms with Gasteiger partial charge in [0.25, 0.3) is 0 Å². The van der Waals surface area contributed by atoms with E-state index in [9.17, 15) is 10.5 Å². The molecule has 0 amide bonds. The van der Waals surface area contributed by atoms with Gasteiger partial charge in [0.1, 0.15) is 6.07 Å². The summed E-state index contributed by atoms with van der Waals surface area (Å²) in [5, 5.41) is 19.7. The minimum atomic E-state index is 0.151. The van der Waals surface area contributed by atoms with Crippen molar-refractivity contribution in [3.63, 3.8) is 0 Å². The zero-order chi connectivity index (χ0) is 32.2. The highest BCUT2D eigenvalue weighted by atomic mass is 15.2. The molecule has 0 N–H and O–H groups in total. The number of hydrogen-bond acceptors (Lipinski definition) is 4. The van der Waals surface area contributed by atoms with Crippen LogP contribution in [-0.4, -0.2) is 12.1 Å². The molecule has 4 aromatic carbocycles. The van der Waals surface area contributed by atoms with Gasteiger partial charge in [-0.1, -0.05) is 115 Å². The average Bonchev–Trinajstić information content (AvgIpc) is 3.67. The van der Waals surface area contributed by atoms with Crippen molar-refractivity contribution in [3.8, 4) is 12.1 Å². The lowest BCUT2D eigenvalue weighted by Crippen LogP contribution is -2.29. The van der Waals surface area contributed by atoms with Crippen LogP contribution in [0.3, 0.4) is 0 Å². The van der Waals surface area contributed by atoms with Gasteiger partial charge in [-0.3, -0.25) is 0 Å². The number of para-hydroxylation sites is 2. The number of nitrogens with zero attached hydrogens (tertiary/aromatic N) is 4. The molecule has 4 atom stereocenters. The first-order valence-electron chi connectivity index (χ1n) is 16.4. The maximum absolute atomic E-state index is 9.99. The Morgan fingerprint density at radius 1 is 0.625 bits per heavy atom. The van der Waals surface area contributed by atoms with Gasteiger partial charge >= 0.3 is 0 Å². The zero-order valence-corrected chi connectivity index (χ0v) is 26.2. The van der Waals surface area contributed by atoms with E-state index in [1.54, 1.807) is 0 Å². The second-order valence-corrected chi connectivity index (χ2v) is 12.7. The summed E-state index contributed by atoms with van der Waals surface area (Å²) in [5.74, 6) is 0.519. The normalized spacial score (nSPS) is 22.5. The molecule has 0 saturated heterocycles. The number of rotatable bonds is 4. The van der Waals surface area contributed by atoms with Crippen molar-refractivity contribution in [1.29, 1.82) is 10.5 Å². The molecule has 48 heavy (non-hydrogen) atoms. The predicted octanol–water partition coefficient (Wildman–Crippen LogP) is 9.94. The number of hydrogen-bond donors (Lipinski definition) is 0.